The number of carboxylic acids is 1. The molecule has 15 nitrogen and oxygen atoms in total. The Morgan fingerprint density at radius 3 is 2.16 bits per heavy atom. The number of H-pyrrole nitrogens is 1. The number of carbonyl (C=O) groups is 3. The first-order valence-corrected chi connectivity index (χ1v) is 19.6. The molecule has 7 rings (SSSR count). The number of aromatic nitrogens is 4. The lowest BCUT2D eigenvalue weighted by Crippen LogP contribution is -2.71. The summed E-state index contributed by atoms with van der Waals surface area (Å²) in [7, 11) is 2.68. The van der Waals surface area contributed by atoms with E-state index < -0.39 is 45.9 Å². The van der Waals surface area contributed by atoms with Gasteiger partial charge in [0.15, 0.2) is 16.0 Å². The number of hydrogen-bond donors (Lipinski definition) is 4. The van der Waals surface area contributed by atoms with Crippen molar-refractivity contribution in [2.45, 2.75) is 22.1 Å². The standard InChI is InChI=1S/C37H32N8O7S3/c1-44-32(49)30(47)41-42-36(44)55-19-21-18-53-33-27(31(48)45(33)28(21)34(50)51)39-29(46)26(43-52-2)25-20-54-35(38-25)40-37(22-12-6-3-7-13-22,23-14-8-4-9-15-23)24-16-10-5-11-17-24/h3-17,20,27,33H,18-19H2,1-2H3,(H,38,40)(H,39,46)(H,41,47)(H,50,51)/t27?,33-/m0/s1. The van der Waals surface area contributed by atoms with Gasteiger partial charge in [0.1, 0.15) is 35.5 Å². The zero-order valence-corrected chi connectivity index (χ0v) is 31.6. The number of thiazole rings is 1. The molecule has 2 aliphatic heterocycles. The van der Waals surface area contributed by atoms with Crippen molar-refractivity contribution >= 4 is 63.5 Å². The minimum absolute atomic E-state index is 0.0828. The second kappa shape index (κ2) is 15.8. The molecule has 1 unspecified atom stereocenters. The Morgan fingerprint density at radius 1 is 1.00 bits per heavy atom. The Hall–Kier alpha value is -5.98. The number of fused-ring (bicyclic) bond motifs is 1. The van der Waals surface area contributed by atoms with Crippen LogP contribution in [-0.4, -0.2) is 83.3 Å². The highest BCUT2D eigenvalue weighted by atomic mass is 32.2. The number of anilines is 1. The molecule has 2 amide bonds. The third kappa shape index (κ3) is 7.06. The number of oxime groups is 1. The molecule has 4 N–H and O–H groups in total. The van der Waals surface area contributed by atoms with Gasteiger partial charge in [0.25, 0.3) is 11.8 Å². The van der Waals surface area contributed by atoms with E-state index in [9.17, 15) is 29.1 Å². The first-order valence-electron chi connectivity index (χ1n) is 16.6. The van der Waals surface area contributed by atoms with Gasteiger partial charge in [-0.15, -0.1) is 28.2 Å². The molecule has 0 radical (unpaired) electrons. The normalized spacial score (nSPS) is 16.9. The molecule has 0 bridgehead atoms. The van der Waals surface area contributed by atoms with E-state index >= 15 is 0 Å². The van der Waals surface area contributed by atoms with Gasteiger partial charge in [-0.25, -0.2) is 14.9 Å². The summed E-state index contributed by atoms with van der Waals surface area (Å²) in [5.74, 6) is -2.36. The van der Waals surface area contributed by atoms with E-state index in [1.807, 2.05) is 91.0 Å². The Labute approximate surface area is 325 Å². The van der Waals surface area contributed by atoms with Gasteiger partial charge in [-0.3, -0.25) is 28.6 Å². The number of nitrogens with zero attached hydrogens (tertiary/aromatic N) is 5. The van der Waals surface area contributed by atoms with Crippen molar-refractivity contribution in [3.05, 3.63) is 151 Å². The Morgan fingerprint density at radius 2 is 1.60 bits per heavy atom. The number of aliphatic carboxylic acids is 1. The number of benzene rings is 3. The third-order valence-electron chi connectivity index (χ3n) is 9.01. The predicted molar refractivity (Wildman–Crippen MR) is 209 cm³/mol. The minimum atomic E-state index is -1.32. The maximum atomic E-state index is 13.8. The summed E-state index contributed by atoms with van der Waals surface area (Å²) in [6.45, 7) is 0. The van der Waals surface area contributed by atoms with Crippen LogP contribution in [0, 0.1) is 0 Å². The highest BCUT2D eigenvalue weighted by Crippen LogP contribution is 2.42. The van der Waals surface area contributed by atoms with Crippen molar-refractivity contribution < 1.29 is 24.3 Å². The van der Waals surface area contributed by atoms with Gasteiger partial charge < -0.3 is 20.6 Å². The van der Waals surface area contributed by atoms with Crippen LogP contribution in [0.3, 0.4) is 0 Å². The number of aromatic amines is 1. The van der Waals surface area contributed by atoms with Crippen molar-refractivity contribution in [1.29, 1.82) is 0 Å². The molecule has 0 spiro atoms. The summed E-state index contributed by atoms with van der Waals surface area (Å²) in [6, 6.07) is 28.8. The number of amides is 2. The molecule has 1 saturated heterocycles. The lowest BCUT2D eigenvalue weighted by molar-refractivity contribution is -0.150. The fourth-order valence-corrected chi connectivity index (χ4v) is 9.58. The largest absolute Gasteiger partial charge is 0.477 e. The van der Waals surface area contributed by atoms with Crippen molar-refractivity contribution in [2.24, 2.45) is 12.2 Å². The van der Waals surface area contributed by atoms with Crippen molar-refractivity contribution in [3.63, 3.8) is 0 Å². The first-order chi connectivity index (χ1) is 26.6. The highest BCUT2D eigenvalue weighted by molar-refractivity contribution is 8.01. The lowest BCUT2D eigenvalue weighted by Gasteiger charge is -2.49. The summed E-state index contributed by atoms with van der Waals surface area (Å²) in [4.78, 5) is 74.3. The Balaban J connectivity index is 1.12. The summed E-state index contributed by atoms with van der Waals surface area (Å²) < 4.78 is 1.07. The van der Waals surface area contributed by atoms with Crippen LogP contribution in [-0.2, 0) is 31.8 Å². The van der Waals surface area contributed by atoms with Crippen LogP contribution in [0.25, 0.3) is 0 Å². The molecule has 2 aliphatic rings. The number of β-lactam (4-membered cyclic amide) rings is 1. The van der Waals surface area contributed by atoms with Gasteiger partial charge >= 0.3 is 17.1 Å². The smallest absolute Gasteiger partial charge is 0.352 e. The summed E-state index contributed by atoms with van der Waals surface area (Å²) >= 11 is 3.59. The molecule has 2 aromatic heterocycles. The zero-order valence-electron chi connectivity index (χ0n) is 29.2. The fraction of sp³-hybridized carbons (Fsp3) is 0.189. The fourth-order valence-electron chi connectivity index (χ4n) is 6.42. The SMILES string of the molecule is CON=C(C(=O)NC1C(=O)N2C(C(=O)O)=C(CSc3n[nH]c(=O)c(=O)n3C)CS[C@@H]12)c1csc(NC(c2ccccc2)(c2ccccc2)c2ccccc2)n1. The maximum absolute atomic E-state index is 13.8. The Kier molecular flexibility index (Phi) is 10.7. The molecule has 4 heterocycles. The number of rotatable bonds is 13. The second-order valence-corrected chi connectivity index (χ2v) is 15.1. The van der Waals surface area contributed by atoms with Crippen molar-refractivity contribution in [3.8, 4) is 0 Å². The van der Waals surface area contributed by atoms with Gasteiger partial charge in [0.05, 0.1) is 0 Å². The third-order valence-corrected chi connectivity index (χ3v) is 12.2. The predicted octanol–water partition coefficient (Wildman–Crippen LogP) is 3.21. The molecule has 18 heteroatoms. The second-order valence-electron chi connectivity index (χ2n) is 12.2. The van der Waals surface area contributed by atoms with Crippen LogP contribution in [0.4, 0.5) is 5.13 Å². The van der Waals surface area contributed by atoms with Gasteiger partial charge in [0.2, 0.25) is 0 Å². The van der Waals surface area contributed by atoms with Crippen LogP contribution in [0.5, 0.6) is 0 Å². The molecule has 2 atom stereocenters. The average molecular weight is 797 g/mol. The number of carboxylic acid groups (broad SMARTS) is 1. The van der Waals surface area contributed by atoms with E-state index in [1.54, 1.807) is 5.38 Å². The summed E-state index contributed by atoms with van der Waals surface area (Å²) in [5, 5.41) is 28.1. The highest BCUT2D eigenvalue weighted by Gasteiger charge is 2.54. The minimum Gasteiger partial charge on any atom is -0.477 e. The number of nitrogens with one attached hydrogen (secondary N) is 3. The van der Waals surface area contributed by atoms with Crippen LogP contribution in [0.1, 0.15) is 22.4 Å². The maximum Gasteiger partial charge on any atom is 0.352 e. The van der Waals surface area contributed by atoms with E-state index in [0.717, 1.165) is 37.9 Å². The van der Waals surface area contributed by atoms with Gasteiger partial charge in [0, 0.05) is 23.9 Å². The van der Waals surface area contributed by atoms with Crippen LogP contribution in [0.15, 0.2) is 128 Å². The molecule has 5 aromatic rings. The monoisotopic (exact) mass is 796 g/mol. The summed E-state index contributed by atoms with van der Waals surface area (Å²) in [6.07, 6.45) is 0. The zero-order chi connectivity index (χ0) is 38.7. The molecular weight excluding hydrogens is 765 g/mol. The molecule has 0 aliphatic carbocycles. The van der Waals surface area contributed by atoms with Gasteiger partial charge in [-0.05, 0) is 22.3 Å². The summed E-state index contributed by atoms with van der Waals surface area (Å²) in [5.41, 5.74) is 0.552. The van der Waals surface area contributed by atoms with E-state index in [1.165, 1.54) is 37.3 Å². The van der Waals surface area contributed by atoms with Gasteiger partial charge in [-0.2, -0.15) is 0 Å². The quantitative estimate of drug-likeness (QED) is 0.0339. The number of carbonyl (C=O) groups excluding carboxylic acids is 2. The van der Waals surface area contributed by atoms with E-state index in [-0.39, 0.29) is 33.8 Å². The van der Waals surface area contributed by atoms with Crippen molar-refractivity contribution in [1.82, 2.24) is 30.0 Å². The molecule has 55 heavy (non-hydrogen) atoms. The molecule has 0 saturated carbocycles. The number of thioether (sulfide) groups is 2. The molecule has 1 fully saturated rings. The van der Waals surface area contributed by atoms with Crippen LogP contribution in [0.2, 0.25) is 0 Å². The average Bonchev–Trinajstić information content (AvgIpc) is 3.68. The van der Waals surface area contributed by atoms with Crippen LogP contribution >= 0.6 is 34.9 Å². The molecule has 280 valence electrons. The number of hydrogen-bond acceptors (Lipinski definition) is 13. The van der Waals surface area contributed by atoms with Gasteiger partial charge in [-0.1, -0.05) is 108 Å². The van der Waals surface area contributed by atoms with E-state index in [4.69, 9.17) is 9.82 Å². The Bertz CT molecular complexity index is 2340. The van der Waals surface area contributed by atoms with E-state index in [0.29, 0.717) is 10.7 Å². The van der Waals surface area contributed by atoms with Crippen LogP contribution < -0.4 is 21.8 Å². The topological polar surface area (TPSA) is 201 Å². The first kappa shape index (κ1) is 37.3. The molecular formula is C37H32N8O7S3. The van der Waals surface area contributed by atoms with E-state index in [2.05, 4.69) is 26.0 Å². The van der Waals surface area contributed by atoms with Crippen molar-refractivity contribution in [2.75, 3.05) is 23.9 Å². The lowest BCUT2D eigenvalue weighted by atomic mass is 9.77. The molecule has 3 aromatic carbocycles.